The molecule has 0 amide bonds. The predicted octanol–water partition coefficient (Wildman–Crippen LogP) is 3.28. The van der Waals surface area contributed by atoms with E-state index >= 15 is 0 Å². The van der Waals surface area contributed by atoms with Crippen LogP contribution in [-0.4, -0.2) is 11.0 Å². The number of nitrogens with one attached hydrogen (secondary N) is 1. The molecule has 19 heavy (non-hydrogen) atoms. The summed E-state index contributed by atoms with van der Waals surface area (Å²) in [5, 5.41) is 3.54. The Morgan fingerprint density at radius 1 is 1.42 bits per heavy atom. The number of nitrogens with zero attached hydrogens (tertiary/aromatic N) is 1. The van der Waals surface area contributed by atoms with E-state index in [1.54, 1.807) is 11.3 Å². The molecule has 1 heterocycles. The van der Waals surface area contributed by atoms with Crippen LogP contribution in [0.5, 0.6) is 5.75 Å². The van der Waals surface area contributed by atoms with Gasteiger partial charge in [0.2, 0.25) is 0 Å². The highest BCUT2D eigenvalue weighted by atomic mass is 32.1. The van der Waals surface area contributed by atoms with E-state index in [1.807, 2.05) is 11.7 Å². The Morgan fingerprint density at radius 2 is 2.32 bits per heavy atom. The molecule has 1 N–H and O–H groups in total. The number of benzene rings is 1. The molecule has 0 unspecified atom stereocenters. The first-order valence-corrected chi connectivity index (χ1v) is 7.53. The van der Waals surface area contributed by atoms with Crippen LogP contribution in [-0.2, 0) is 13.2 Å². The Labute approximate surface area is 117 Å². The average Bonchev–Trinajstić information content (AvgIpc) is 3.10. The van der Waals surface area contributed by atoms with Gasteiger partial charge in [0.15, 0.2) is 0 Å². The minimum atomic E-state index is 0.603. The standard InChI is InChI=1S/C15H18N2OS/c1-11-3-2-4-12(7-17-13-5-6-13)15(11)18-9-14-8-16-10-19-14/h2-4,8,10,13,17H,5-7,9H2,1H3. The van der Waals surface area contributed by atoms with Crippen molar-refractivity contribution in [3.8, 4) is 5.75 Å². The summed E-state index contributed by atoms with van der Waals surface area (Å²) < 4.78 is 6.00. The number of aryl methyl sites for hydroxylation is 1. The highest BCUT2D eigenvalue weighted by molar-refractivity contribution is 7.09. The lowest BCUT2D eigenvalue weighted by Crippen LogP contribution is -2.16. The fourth-order valence-electron chi connectivity index (χ4n) is 2.06. The number of thiazole rings is 1. The van der Waals surface area contributed by atoms with Gasteiger partial charge in [-0.25, -0.2) is 0 Å². The Bertz CT molecular complexity index is 535. The van der Waals surface area contributed by atoms with Crippen LogP contribution in [0.3, 0.4) is 0 Å². The van der Waals surface area contributed by atoms with E-state index in [4.69, 9.17) is 4.74 Å². The van der Waals surface area contributed by atoms with Crippen LogP contribution in [0.2, 0.25) is 0 Å². The molecule has 1 aromatic carbocycles. The van der Waals surface area contributed by atoms with E-state index in [-0.39, 0.29) is 0 Å². The molecule has 0 spiro atoms. The van der Waals surface area contributed by atoms with Crippen LogP contribution in [0.15, 0.2) is 29.9 Å². The first-order chi connectivity index (χ1) is 9.33. The molecular formula is C15H18N2OS. The quantitative estimate of drug-likeness (QED) is 0.877. The molecule has 1 fully saturated rings. The summed E-state index contributed by atoms with van der Waals surface area (Å²) in [7, 11) is 0. The highest BCUT2D eigenvalue weighted by Crippen LogP contribution is 2.26. The Morgan fingerprint density at radius 3 is 3.05 bits per heavy atom. The summed E-state index contributed by atoms with van der Waals surface area (Å²) in [6.45, 7) is 3.60. The maximum Gasteiger partial charge on any atom is 0.127 e. The lowest BCUT2D eigenvalue weighted by atomic mass is 10.1. The molecule has 0 bridgehead atoms. The van der Waals surface area contributed by atoms with Crippen molar-refractivity contribution in [3.05, 3.63) is 45.9 Å². The molecular weight excluding hydrogens is 256 g/mol. The summed E-state index contributed by atoms with van der Waals surface area (Å²) in [5.74, 6) is 1.02. The van der Waals surface area contributed by atoms with Crippen molar-refractivity contribution in [2.75, 3.05) is 0 Å². The molecule has 1 aliphatic carbocycles. The third kappa shape index (κ3) is 3.33. The zero-order chi connectivity index (χ0) is 13.1. The van der Waals surface area contributed by atoms with Gasteiger partial charge in [-0.1, -0.05) is 18.2 Å². The molecule has 3 nitrogen and oxygen atoms in total. The van der Waals surface area contributed by atoms with Crippen LogP contribution in [0, 0.1) is 6.92 Å². The second-order valence-electron chi connectivity index (χ2n) is 4.97. The van der Waals surface area contributed by atoms with Crippen LogP contribution < -0.4 is 10.1 Å². The average molecular weight is 274 g/mol. The lowest BCUT2D eigenvalue weighted by molar-refractivity contribution is 0.303. The first-order valence-electron chi connectivity index (χ1n) is 6.65. The second-order valence-corrected chi connectivity index (χ2v) is 5.95. The van der Waals surface area contributed by atoms with E-state index in [9.17, 15) is 0 Å². The topological polar surface area (TPSA) is 34.1 Å². The zero-order valence-corrected chi connectivity index (χ0v) is 11.9. The van der Waals surface area contributed by atoms with Gasteiger partial charge in [0, 0.05) is 24.3 Å². The molecule has 2 aromatic rings. The molecule has 0 atom stereocenters. The van der Waals surface area contributed by atoms with E-state index in [0.717, 1.165) is 23.2 Å². The van der Waals surface area contributed by atoms with Crippen molar-refractivity contribution in [3.63, 3.8) is 0 Å². The van der Waals surface area contributed by atoms with Gasteiger partial charge >= 0.3 is 0 Å². The van der Waals surface area contributed by atoms with E-state index in [2.05, 4.69) is 35.4 Å². The Kier molecular flexibility index (Phi) is 3.80. The lowest BCUT2D eigenvalue weighted by Gasteiger charge is -2.14. The van der Waals surface area contributed by atoms with E-state index < -0.39 is 0 Å². The maximum absolute atomic E-state index is 6.00. The normalized spacial score (nSPS) is 14.6. The second kappa shape index (κ2) is 5.72. The molecule has 100 valence electrons. The van der Waals surface area contributed by atoms with Crippen LogP contribution in [0.1, 0.15) is 28.8 Å². The summed E-state index contributed by atoms with van der Waals surface area (Å²) >= 11 is 1.63. The molecule has 1 aliphatic rings. The maximum atomic E-state index is 6.00. The van der Waals surface area contributed by atoms with Crippen LogP contribution in [0.25, 0.3) is 0 Å². The molecule has 4 heteroatoms. The number of hydrogen-bond donors (Lipinski definition) is 1. The van der Waals surface area contributed by atoms with Crippen molar-refractivity contribution in [1.29, 1.82) is 0 Å². The first kappa shape index (κ1) is 12.6. The fraction of sp³-hybridized carbons (Fsp3) is 0.400. The van der Waals surface area contributed by atoms with Gasteiger partial charge in [0.25, 0.3) is 0 Å². The summed E-state index contributed by atoms with van der Waals surface area (Å²) in [5.41, 5.74) is 4.28. The number of ether oxygens (including phenoxy) is 1. The Balaban J connectivity index is 1.69. The smallest absolute Gasteiger partial charge is 0.127 e. The van der Waals surface area contributed by atoms with Crippen molar-refractivity contribution in [2.24, 2.45) is 0 Å². The number of aromatic nitrogens is 1. The summed E-state index contributed by atoms with van der Waals surface area (Å²) in [6, 6.07) is 7.06. The van der Waals surface area contributed by atoms with Gasteiger partial charge < -0.3 is 10.1 Å². The minimum absolute atomic E-state index is 0.603. The highest BCUT2D eigenvalue weighted by Gasteiger charge is 2.20. The number of para-hydroxylation sites is 1. The molecule has 0 radical (unpaired) electrons. The van der Waals surface area contributed by atoms with E-state index in [1.165, 1.54) is 24.0 Å². The van der Waals surface area contributed by atoms with Crippen molar-refractivity contribution in [2.45, 2.75) is 39.0 Å². The van der Waals surface area contributed by atoms with Crippen LogP contribution in [0.4, 0.5) is 0 Å². The van der Waals surface area contributed by atoms with E-state index in [0.29, 0.717) is 6.61 Å². The SMILES string of the molecule is Cc1cccc(CNC2CC2)c1OCc1cncs1. The van der Waals surface area contributed by atoms with Crippen molar-refractivity contribution in [1.82, 2.24) is 10.3 Å². The van der Waals surface area contributed by atoms with Crippen molar-refractivity contribution < 1.29 is 4.74 Å². The zero-order valence-electron chi connectivity index (χ0n) is 11.1. The van der Waals surface area contributed by atoms with Crippen LogP contribution >= 0.6 is 11.3 Å². The molecule has 0 saturated heterocycles. The van der Waals surface area contributed by atoms with Gasteiger partial charge in [-0.05, 0) is 25.3 Å². The molecule has 0 aliphatic heterocycles. The predicted molar refractivity (Wildman–Crippen MR) is 77.5 cm³/mol. The number of rotatable bonds is 6. The third-order valence-corrected chi connectivity index (χ3v) is 4.05. The fourth-order valence-corrected chi connectivity index (χ4v) is 2.56. The summed E-state index contributed by atoms with van der Waals surface area (Å²) in [4.78, 5) is 5.23. The van der Waals surface area contributed by atoms with Gasteiger partial charge in [-0.2, -0.15) is 0 Å². The van der Waals surface area contributed by atoms with Gasteiger partial charge in [-0.3, -0.25) is 4.98 Å². The van der Waals surface area contributed by atoms with Gasteiger partial charge in [0.05, 0.1) is 10.4 Å². The van der Waals surface area contributed by atoms with Gasteiger partial charge in [-0.15, -0.1) is 11.3 Å². The Hall–Kier alpha value is -1.39. The molecule has 1 aromatic heterocycles. The molecule has 3 rings (SSSR count). The summed E-state index contributed by atoms with van der Waals surface area (Å²) in [6.07, 6.45) is 4.48. The minimum Gasteiger partial charge on any atom is -0.487 e. The number of hydrogen-bond acceptors (Lipinski definition) is 4. The largest absolute Gasteiger partial charge is 0.487 e. The van der Waals surface area contributed by atoms with Gasteiger partial charge in [0.1, 0.15) is 12.4 Å². The monoisotopic (exact) mass is 274 g/mol. The van der Waals surface area contributed by atoms with Crippen molar-refractivity contribution >= 4 is 11.3 Å². The molecule has 1 saturated carbocycles. The third-order valence-electron chi connectivity index (χ3n) is 3.29.